The maximum atomic E-state index is 12.0. The van der Waals surface area contributed by atoms with Gasteiger partial charge in [0.15, 0.2) is 0 Å². The highest BCUT2D eigenvalue weighted by molar-refractivity contribution is 5.87. The molecule has 2 aliphatic rings. The van der Waals surface area contributed by atoms with Crippen LogP contribution in [0.5, 0.6) is 0 Å². The highest BCUT2D eigenvalue weighted by Crippen LogP contribution is 2.12. The molecule has 0 radical (unpaired) electrons. The largest absolute Gasteiger partial charge is 0.444 e. The lowest BCUT2D eigenvalue weighted by Crippen LogP contribution is -2.48. The van der Waals surface area contributed by atoms with Gasteiger partial charge in [0, 0.05) is 19.7 Å². The van der Waals surface area contributed by atoms with Crippen LogP contribution in [0.1, 0.15) is 33.6 Å². The first-order chi connectivity index (χ1) is 9.44. The molecule has 2 aliphatic heterocycles. The number of ether oxygens (including phenoxy) is 2. The van der Waals surface area contributed by atoms with Gasteiger partial charge in [0.25, 0.3) is 0 Å². The van der Waals surface area contributed by atoms with Crippen molar-refractivity contribution < 1.29 is 14.3 Å². The van der Waals surface area contributed by atoms with Crippen molar-refractivity contribution in [2.45, 2.75) is 45.3 Å². The summed E-state index contributed by atoms with van der Waals surface area (Å²) < 4.78 is 10.9. The second kappa shape index (κ2) is 6.43. The summed E-state index contributed by atoms with van der Waals surface area (Å²) in [5, 5.41) is 3.29. The minimum atomic E-state index is -0.461. The molecule has 0 saturated carbocycles. The van der Waals surface area contributed by atoms with Gasteiger partial charge in [0.1, 0.15) is 11.4 Å². The van der Waals surface area contributed by atoms with Gasteiger partial charge in [-0.25, -0.2) is 4.79 Å². The zero-order valence-corrected chi connectivity index (χ0v) is 12.6. The summed E-state index contributed by atoms with van der Waals surface area (Å²) >= 11 is 0. The Balaban J connectivity index is 1.78. The van der Waals surface area contributed by atoms with E-state index in [1.54, 1.807) is 4.90 Å². The number of amides is 1. The van der Waals surface area contributed by atoms with E-state index in [4.69, 9.17) is 9.47 Å². The van der Waals surface area contributed by atoms with Gasteiger partial charge in [-0.1, -0.05) is 0 Å². The molecule has 0 aromatic heterocycles. The summed E-state index contributed by atoms with van der Waals surface area (Å²) in [4.78, 5) is 18.1. The minimum Gasteiger partial charge on any atom is -0.444 e. The lowest BCUT2D eigenvalue weighted by Gasteiger charge is -2.30. The molecule has 0 aromatic rings. The quantitative estimate of drug-likeness (QED) is 0.832. The van der Waals surface area contributed by atoms with Crippen molar-refractivity contribution in [2.75, 3.05) is 32.8 Å². The molecule has 2 heterocycles. The number of hydrogen-bond donors (Lipinski definition) is 1. The first-order valence-electron chi connectivity index (χ1n) is 7.31. The summed E-state index contributed by atoms with van der Waals surface area (Å²) in [7, 11) is 0. The van der Waals surface area contributed by atoms with Gasteiger partial charge >= 0.3 is 6.09 Å². The number of carbonyl (C=O) groups excluding carboxylic acids is 1. The van der Waals surface area contributed by atoms with E-state index in [2.05, 4.69) is 10.3 Å². The fourth-order valence-corrected chi connectivity index (χ4v) is 2.25. The fourth-order valence-electron chi connectivity index (χ4n) is 2.25. The average Bonchev–Trinajstić information content (AvgIpc) is 2.88. The Morgan fingerprint density at radius 1 is 1.55 bits per heavy atom. The van der Waals surface area contributed by atoms with Gasteiger partial charge < -0.3 is 14.8 Å². The Labute approximate surface area is 120 Å². The SMILES string of the molecule is CC(C)(C)OC(=O)N1CCN=C(NCC2CCCO2)C1. The predicted molar refractivity (Wildman–Crippen MR) is 77.1 cm³/mol. The molecular weight excluding hydrogens is 258 g/mol. The minimum absolute atomic E-state index is 0.273. The van der Waals surface area contributed by atoms with Crippen LogP contribution < -0.4 is 5.32 Å². The van der Waals surface area contributed by atoms with Crippen LogP contribution in [-0.2, 0) is 9.47 Å². The molecule has 0 bridgehead atoms. The highest BCUT2D eigenvalue weighted by atomic mass is 16.6. The summed E-state index contributed by atoms with van der Waals surface area (Å²) in [6, 6.07) is 0. The normalized spacial score (nSPS) is 23.4. The molecule has 20 heavy (non-hydrogen) atoms. The van der Waals surface area contributed by atoms with Crippen molar-refractivity contribution in [3.05, 3.63) is 0 Å². The monoisotopic (exact) mass is 283 g/mol. The molecular formula is C14H25N3O3. The Hall–Kier alpha value is -1.30. The van der Waals surface area contributed by atoms with Crippen LogP contribution in [0.2, 0.25) is 0 Å². The molecule has 1 saturated heterocycles. The van der Waals surface area contributed by atoms with Crippen LogP contribution in [0, 0.1) is 0 Å². The van der Waals surface area contributed by atoms with E-state index < -0.39 is 5.60 Å². The predicted octanol–water partition coefficient (Wildman–Crippen LogP) is 1.40. The maximum absolute atomic E-state index is 12.0. The second-order valence-corrected chi connectivity index (χ2v) is 6.25. The van der Waals surface area contributed by atoms with E-state index in [1.807, 2.05) is 20.8 Å². The van der Waals surface area contributed by atoms with Crippen molar-refractivity contribution in [2.24, 2.45) is 4.99 Å². The smallest absolute Gasteiger partial charge is 0.410 e. The molecule has 2 rings (SSSR count). The van der Waals surface area contributed by atoms with E-state index in [-0.39, 0.29) is 12.2 Å². The molecule has 1 N–H and O–H groups in total. The zero-order valence-electron chi connectivity index (χ0n) is 12.6. The van der Waals surface area contributed by atoms with Crippen molar-refractivity contribution in [1.29, 1.82) is 0 Å². The lowest BCUT2D eigenvalue weighted by molar-refractivity contribution is 0.0276. The van der Waals surface area contributed by atoms with Crippen LogP contribution >= 0.6 is 0 Å². The van der Waals surface area contributed by atoms with Gasteiger partial charge in [-0.3, -0.25) is 9.89 Å². The number of nitrogens with one attached hydrogen (secondary N) is 1. The fraction of sp³-hybridized carbons (Fsp3) is 0.857. The Kier molecular flexibility index (Phi) is 4.86. The molecule has 0 spiro atoms. The molecule has 6 heteroatoms. The van der Waals surface area contributed by atoms with Crippen LogP contribution in [0.25, 0.3) is 0 Å². The summed E-state index contributed by atoms with van der Waals surface area (Å²) in [6.45, 7) is 8.96. The van der Waals surface area contributed by atoms with Crippen LogP contribution in [-0.4, -0.2) is 61.3 Å². The number of amidine groups is 1. The molecule has 1 fully saturated rings. The van der Waals surface area contributed by atoms with Gasteiger partial charge in [0.2, 0.25) is 0 Å². The molecule has 114 valence electrons. The topological polar surface area (TPSA) is 63.2 Å². The average molecular weight is 283 g/mol. The Bertz CT molecular complexity index is 370. The van der Waals surface area contributed by atoms with E-state index in [0.29, 0.717) is 19.6 Å². The number of carbonyl (C=O) groups is 1. The van der Waals surface area contributed by atoms with E-state index in [9.17, 15) is 4.79 Å². The number of nitrogens with zero attached hydrogens (tertiary/aromatic N) is 2. The molecule has 1 unspecified atom stereocenters. The van der Waals surface area contributed by atoms with E-state index in [1.165, 1.54) is 0 Å². The van der Waals surface area contributed by atoms with Gasteiger partial charge in [0.05, 0.1) is 19.2 Å². The Morgan fingerprint density at radius 2 is 2.35 bits per heavy atom. The molecule has 6 nitrogen and oxygen atoms in total. The zero-order chi connectivity index (χ0) is 14.6. The second-order valence-electron chi connectivity index (χ2n) is 6.25. The lowest BCUT2D eigenvalue weighted by atomic mass is 10.2. The summed E-state index contributed by atoms with van der Waals surface area (Å²) in [5.41, 5.74) is -0.461. The first-order valence-corrected chi connectivity index (χ1v) is 7.31. The van der Waals surface area contributed by atoms with Gasteiger partial charge in [-0.05, 0) is 33.6 Å². The maximum Gasteiger partial charge on any atom is 0.410 e. The number of hydrogen-bond acceptors (Lipinski definition) is 5. The third-order valence-corrected chi connectivity index (χ3v) is 3.22. The molecule has 1 amide bonds. The van der Waals surface area contributed by atoms with Crippen molar-refractivity contribution in [3.8, 4) is 0 Å². The third-order valence-electron chi connectivity index (χ3n) is 3.22. The molecule has 0 aliphatic carbocycles. The molecule has 0 aromatic carbocycles. The van der Waals surface area contributed by atoms with Crippen molar-refractivity contribution in [3.63, 3.8) is 0 Å². The summed E-state index contributed by atoms with van der Waals surface area (Å²) in [6.07, 6.45) is 2.22. The summed E-state index contributed by atoms with van der Waals surface area (Å²) in [5.74, 6) is 0.845. The number of aliphatic imine (C=N–C) groups is 1. The van der Waals surface area contributed by atoms with E-state index >= 15 is 0 Å². The van der Waals surface area contributed by atoms with Crippen LogP contribution in [0.3, 0.4) is 0 Å². The Morgan fingerprint density at radius 3 is 3.00 bits per heavy atom. The number of rotatable bonds is 2. The van der Waals surface area contributed by atoms with Gasteiger partial charge in [-0.15, -0.1) is 0 Å². The standard InChI is InChI=1S/C14H25N3O3/c1-14(2,3)20-13(18)17-7-6-15-12(10-17)16-9-11-5-4-8-19-11/h11H,4-10H2,1-3H3,(H,15,16). The van der Waals surface area contributed by atoms with Crippen LogP contribution in [0.4, 0.5) is 4.79 Å². The van der Waals surface area contributed by atoms with Crippen LogP contribution in [0.15, 0.2) is 4.99 Å². The van der Waals surface area contributed by atoms with Crippen molar-refractivity contribution >= 4 is 11.9 Å². The van der Waals surface area contributed by atoms with Crippen molar-refractivity contribution in [1.82, 2.24) is 10.2 Å². The molecule has 1 atom stereocenters. The first kappa shape index (κ1) is 15.1. The van der Waals surface area contributed by atoms with Gasteiger partial charge in [-0.2, -0.15) is 0 Å². The third kappa shape index (κ3) is 4.67. The van der Waals surface area contributed by atoms with E-state index in [0.717, 1.165) is 31.8 Å². The highest BCUT2D eigenvalue weighted by Gasteiger charge is 2.25.